The molecule has 0 radical (unpaired) electrons. The quantitative estimate of drug-likeness (QED) is 0.716. The van der Waals surface area contributed by atoms with Crippen molar-refractivity contribution in [2.45, 2.75) is 24.8 Å². The zero-order valence-corrected chi connectivity index (χ0v) is 16.1. The normalized spacial score (nSPS) is 17.7. The third kappa shape index (κ3) is 4.84. The van der Waals surface area contributed by atoms with Crippen molar-refractivity contribution >= 4 is 15.9 Å². The average molecular weight is 385 g/mol. The predicted octanol–water partition coefficient (Wildman–Crippen LogP) is 3.31. The summed E-state index contributed by atoms with van der Waals surface area (Å²) in [5.74, 6) is -0.548. The van der Waals surface area contributed by atoms with E-state index in [4.69, 9.17) is 4.74 Å². The predicted molar refractivity (Wildman–Crippen MR) is 103 cm³/mol. The second-order valence-corrected chi connectivity index (χ2v) is 8.50. The van der Waals surface area contributed by atoms with Gasteiger partial charge in [-0.1, -0.05) is 60.2 Å². The Morgan fingerprint density at radius 2 is 1.78 bits per heavy atom. The molecule has 0 bridgehead atoms. The third-order valence-corrected chi connectivity index (χ3v) is 6.25. The highest BCUT2D eigenvalue weighted by Crippen LogP contribution is 2.22. The van der Waals surface area contributed by atoms with Gasteiger partial charge in [0.2, 0.25) is 5.91 Å². The van der Waals surface area contributed by atoms with Crippen LogP contribution in [0.4, 0.5) is 0 Å². The van der Waals surface area contributed by atoms with Gasteiger partial charge in [0.25, 0.3) is 10.0 Å². The van der Waals surface area contributed by atoms with Crippen LogP contribution >= 0.6 is 0 Å². The maximum Gasteiger partial charge on any atom is 0.266 e. The molecule has 0 N–H and O–H groups in total. The van der Waals surface area contributed by atoms with E-state index in [9.17, 15) is 13.2 Å². The van der Waals surface area contributed by atoms with Crippen molar-refractivity contribution < 1.29 is 17.9 Å². The van der Waals surface area contributed by atoms with Gasteiger partial charge in [-0.05, 0) is 24.6 Å². The number of carbonyl (C=O) groups excluding carboxylic acids is 1. The molecule has 0 fully saturated rings. The number of amides is 1. The van der Waals surface area contributed by atoms with Gasteiger partial charge in [0.05, 0.1) is 24.7 Å². The van der Waals surface area contributed by atoms with Gasteiger partial charge in [0, 0.05) is 12.3 Å². The molecule has 1 atom stereocenters. The van der Waals surface area contributed by atoms with Crippen molar-refractivity contribution in [3.63, 3.8) is 0 Å². The summed E-state index contributed by atoms with van der Waals surface area (Å²) in [4.78, 5) is 12.7. The summed E-state index contributed by atoms with van der Waals surface area (Å²) in [7, 11) is -3.85. The Hall–Kier alpha value is -2.44. The number of benzene rings is 2. The first-order chi connectivity index (χ1) is 13.0. The molecule has 0 spiro atoms. The molecule has 0 saturated heterocycles. The topological polar surface area (TPSA) is 63.7 Å². The molecule has 2 aromatic carbocycles. The molecule has 5 nitrogen and oxygen atoms in total. The molecular weight excluding hydrogens is 362 g/mol. The Morgan fingerprint density at radius 3 is 2.48 bits per heavy atom. The van der Waals surface area contributed by atoms with E-state index in [2.05, 4.69) is 0 Å². The second-order valence-electron chi connectivity index (χ2n) is 6.64. The number of carbonyl (C=O) groups is 1. The Morgan fingerprint density at radius 1 is 1.07 bits per heavy atom. The molecule has 1 heterocycles. The summed E-state index contributed by atoms with van der Waals surface area (Å²) in [6.45, 7) is 2.76. The summed E-state index contributed by atoms with van der Waals surface area (Å²) < 4.78 is 32.3. The van der Waals surface area contributed by atoms with Crippen LogP contribution in [0.5, 0.6) is 0 Å². The van der Waals surface area contributed by atoms with Crippen LogP contribution in [0, 0.1) is 12.8 Å². The lowest BCUT2D eigenvalue weighted by Crippen LogP contribution is -2.37. The molecule has 6 heteroatoms. The van der Waals surface area contributed by atoms with Gasteiger partial charge in [-0.25, -0.2) is 12.7 Å². The maximum absolute atomic E-state index is 12.8. The number of aryl methyl sites for hydroxylation is 1. The lowest BCUT2D eigenvalue weighted by molar-refractivity contribution is -0.127. The van der Waals surface area contributed by atoms with E-state index >= 15 is 0 Å². The second kappa shape index (κ2) is 8.50. The largest absolute Gasteiger partial charge is 0.376 e. The first kappa shape index (κ1) is 19.3. The van der Waals surface area contributed by atoms with E-state index in [1.807, 2.05) is 43.3 Å². The van der Waals surface area contributed by atoms with Crippen LogP contribution < -0.4 is 0 Å². The zero-order valence-electron chi connectivity index (χ0n) is 15.2. The minimum Gasteiger partial charge on any atom is -0.376 e. The standard InChI is InChI=1S/C21H23NO4S/c1-17-9-11-20(12-10-17)27(24,25)22-13-5-8-19(14-21(22)23)16-26-15-18-6-3-2-4-7-18/h2-12,19H,13-16H2,1H3. The summed E-state index contributed by atoms with van der Waals surface area (Å²) in [6, 6.07) is 16.3. The Balaban J connectivity index is 1.63. The fourth-order valence-electron chi connectivity index (χ4n) is 2.93. The molecule has 1 amide bonds. The fourth-order valence-corrected chi connectivity index (χ4v) is 4.29. The average Bonchev–Trinajstić information content (AvgIpc) is 2.84. The molecule has 27 heavy (non-hydrogen) atoms. The number of sulfonamides is 1. The van der Waals surface area contributed by atoms with Crippen LogP contribution in [0.3, 0.4) is 0 Å². The molecule has 1 aliphatic rings. The van der Waals surface area contributed by atoms with Crippen LogP contribution in [-0.4, -0.2) is 31.8 Å². The first-order valence-electron chi connectivity index (χ1n) is 8.87. The van der Waals surface area contributed by atoms with Crippen molar-refractivity contribution in [1.82, 2.24) is 4.31 Å². The van der Waals surface area contributed by atoms with Gasteiger partial charge in [0.1, 0.15) is 0 Å². The molecule has 3 rings (SSSR count). The van der Waals surface area contributed by atoms with Gasteiger partial charge in [-0.3, -0.25) is 4.79 Å². The van der Waals surface area contributed by atoms with Crippen LogP contribution in [0.25, 0.3) is 0 Å². The smallest absolute Gasteiger partial charge is 0.266 e. The molecule has 0 saturated carbocycles. The van der Waals surface area contributed by atoms with Gasteiger partial charge >= 0.3 is 0 Å². The van der Waals surface area contributed by atoms with Crippen LogP contribution in [0.2, 0.25) is 0 Å². The molecule has 142 valence electrons. The van der Waals surface area contributed by atoms with Gasteiger partial charge in [0.15, 0.2) is 0 Å². The highest BCUT2D eigenvalue weighted by Gasteiger charge is 2.31. The van der Waals surface area contributed by atoms with Crippen molar-refractivity contribution in [1.29, 1.82) is 0 Å². The molecule has 2 aromatic rings. The van der Waals surface area contributed by atoms with Crippen LogP contribution in [-0.2, 0) is 26.2 Å². The number of rotatable bonds is 6. The molecule has 0 aromatic heterocycles. The number of ether oxygens (including phenoxy) is 1. The van der Waals surface area contributed by atoms with E-state index < -0.39 is 15.9 Å². The summed E-state index contributed by atoms with van der Waals surface area (Å²) in [5.41, 5.74) is 2.02. The van der Waals surface area contributed by atoms with Crippen LogP contribution in [0.1, 0.15) is 17.5 Å². The van der Waals surface area contributed by atoms with Gasteiger partial charge < -0.3 is 4.74 Å². The third-order valence-electron chi connectivity index (χ3n) is 4.45. The van der Waals surface area contributed by atoms with Gasteiger partial charge in [-0.15, -0.1) is 0 Å². The fraction of sp³-hybridized carbons (Fsp3) is 0.286. The molecule has 1 aliphatic heterocycles. The summed E-state index contributed by atoms with van der Waals surface area (Å²) >= 11 is 0. The number of hydrogen-bond donors (Lipinski definition) is 0. The van der Waals surface area contributed by atoms with E-state index in [0.29, 0.717) is 13.2 Å². The van der Waals surface area contributed by atoms with Gasteiger partial charge in [-0.2, -0.15) is 0 Å². The molecular formula is C21H23NO4S. The Kier molecular flexibility index (Phi) is 6.08. The molecule has 0 aliphatic carbocycles. The Bertz CT molecular complexity index is 905. The highest BCUT2D eigenvalue weighted by molar-refractivity contribution is 7.89. The van der Waals surface area contributed by atoms with E-state index in [0.717, 1.165) is 15.4 Å². The lowest BCUT2D eigenvalue weighted by atomic mass is 10.1. The van der Waals surface area contributed by atoms with Crippen molar-refractivity contribution in [2.24, 2.45) is 5.92 Å². The van der Waals surface area contributed by atoms with Crippen molar-refractivity contribution in [3.05, 3.63) is 77.9 Å². The Labute approximate surface area is 160 Å². The van der Waals surface area contributed by atoms with E-state index in [1.165, 1.54) is 12.1 Å². The van der Waals surface area contributed by atoms with E-state index in [-0.39, 0.29) is 23.8 Å². The first-order valence-corrected chi connectivity index (χ1v) is 10.3. The van der Waals surface area contributed by atoms with Crippen molar-refractivity contribution in [2.75, 3.05) is 13.2 Å². The summed E-state index contributed by atoms with van der Waals surface area (Å²) in [6.07, 6.45) is 3.71. The minimum absolute atomic E-state index is 0.0459. The SMILES string of the molecule is Cc1ccc(S(=O)(=O)N2CC=CC(COCc3ccccc3)CC2=O)cc1. The minimum atomic E-state index is -3.85. The monoisotopic (exact) mass is 385 g/mol. The highest BCUT2D eigenvalue weighted by atomic mass is 32.2. The van der Waals surface area contributed by atoms with E-state index in [1.54, 1.807) is 18.2 Å². The molecule has 1 unspecified atom stereocenters. The number of hydrogen-bond acceptors (Lipinski definition) is 4. The maximum atomic E-state index is 12.8. The number of nitrogens with zero attached hydrogens (tertiary/aromatic N) is 1. The van der Waals surface area contributed by atoms with Crippen LogP contribution in [0.15, 0.2) is 71.6 Å². The van der Waals surface area contributed by atoms with Crippen molar-refractivity contribution in [3.8, 4) is 0 Å². The summed E-state index contributed by atoms with van der Waals surface area (Å²) in [5, 5.41) is 0. The zero-order chi connectivity index (χ0) is 19.3. The lowest BCUT2D eigenvalue weighted by Gasteiger charge is -2.21.